The van der Waals surface area contributed by atoms with Crippen molar-refractivity contribution in [3.05, 3.63) is 63.6 Å². The minimum Gasteiger partial charge on any atom is -0.433 e. The van der Waals surface area contributed by atoms with Crippen LogP contribution in [0.25, 0.3) is 0 Å². The second kappa shape index (κ2) is 4.65. The molecule has 0 radical (unpaired) electrons. The molecule has 2 aromatic rings. The Balaban J connectivity index is 1.93. The van der Waals surface area contributed by atoms with Crippen molar-refractivity contribution in [2.45, 2.75) is 6.23 Å². The standard InChI is InChI=1S/C14H7Cl2NO2/c15-8-5-6-11(16)12(7-8)17-13-9-3-1-2-4-10(9)14(18)19-13/h1,3,5-7,13,17H/t13-/m1/s1. The number of carbonyl (C=O) groups is 1. The monoisotopic (exact) mass is 291 g/mol. The van der Waals surface area contributed by atoms with Gasteiger partial charge in [-0.2, -0.15) is 0 Å². The van der Waals surface area contributed by atoms with E-state index in [0.29, 0.717) is 26.9 Å². The molecule has 19 heavy (non-hydrogen) atoms. The van der Waals surface area contributed by atoms with Crippen molar-refractivity contribution in [2.75, 3.05) is 5.32 Å². The van der Waals surface area contributed by atoms with E-state index in [1.807, 2.05) is 0 Å². The molecule has 0 amide bonds. The Morgan fingerprint density at radius 2 is 2.11 bits per heavy atom. The highest BCUT2D eigenvalue weighted by Crippen LogP contribution is 2.33. The fourth-order valence-corrected chi connectivity index (χ4v) is 2.22. The Morgan fingerprint density at radius 3 is 2.95 bits per heavy atom. The molecular formula is C14H7Cl2NO2. The van der Waals surface area contributed by atoms with Crippen molar-refractivity contribution < 1.29 is 9.53 Å². The number of nitrogens with one attached hydrogen (secondary N) is 1. The molecule has 3 nitrogen and oxygen atoms in total. The lowest BCUT2D eigenvalue weighted by atomic mass is 10.1. The van der Waals surface area contributed by atoms with Crippen molar-refractivity contribution in [2.24, 2.45) is 0 Å². The van der Waals surface area contributed by atoms with Crippen LogP contribution in [0.1, 0.15) is 22.1 Å². The zero-order chi connectivity index (χ0) is 13.4. The summed E-state index contributed by atoms with van der Waals surface area (Å²) in [6.45, 7) is 0. The van der Waals surface area contributed by atoms with Gasteiger partial charge in [0.25, 0.3) is 0 Å². The molecule has 0 fully saturated rings. The van der Waals surface area contributed by atoms with Crippen molar-refractivity contribution >= 4 is 34.9 Å². The van der Waals surface area contributed by atoms with Gasteiger partial charge < -0.3 is 10.1 Å². The maximum Gasteiger partial charge on any atom is 0.349 e. The van der Waals surface area contributed by atoms with Gasteiger partial charge in [-0.25, -0.2) is 4.79 Å². The molecule has 0 aromatic heterocycles. The van der Waals surface area contributed by atoms with Crippen LogP contribution in [0.3, 0.4) is 0 Å². The first-order chi connectivity index (χ1) is 9.15. The summed E-state index contributed by atoms with van der Waals surface area (Å²) < 4.78 is 5.23. The normalized spacial score (nSPS) is 16.5. The lowest BCUT2D eigenvalue weighted by Crippen LogP contribution is -2.10. The van der Waals surface area contributed by atoms with Crippen molar-refractivity contribution in [1.29, 1.82) is 0 Å². The van der Waals surface area contributed by atoms with E-state index in [2.05, 4.69) is 17.4 Å². The number of hydrogen-bond donors (Lipinski definition) is 1. The SMILES string of the molecule is O=C1O[C@@H](Nc2cc(Cl)ccc2Cl)c2ccc#cc21. The maximum atomic E-state index is 11.6. The van der Waals surface area contributed by atoms with Crippen LogP contribution < -0.4 is 5.32 Å². The number of benzene rings is 1. The van der Waals surface area contributed by atoms with Gasteiger partial charge >= 0.3 is 5.97 Å². The number of hydrogen-bond acceptors (Lipinski definition) is 3. The van der Waals surface area contributed by atoms with Gasteiger partial charge in [-0.05, 0) is 30.3 Å². The average molecular weight is 292 g/mol. The average Bonchev–Trinajstić information content (AvgIpc) is 2.72. The zero-order valence-electron chi connectivity index (χ0n) is 9.54. The molecule has 0 spiro atoms. The third-order valence-electron chi connectivity index (χ3n) is 2.76. The number of rotatable bonds is 2. The summed E-state index contributed by atoms with van der Waals surface area (Å²) in [5, 5.41) is 4.09. The number of carbonyl (C=O) groups excluding carboxylic acids is 1. The highest BCUT2D eigenvalue weighted by Gasteiger charge is 2.31. The summed E-state index contributed by atoms with van der Waals surface area (Å²) in [5.41, 5.74) is 1.70. The summed E-state index contributed by atoms with van der Waals surface area (Å²) in [6, 6.07) is 13.9. The fourth-order valence-electron chi connectivity index (χ4n) is 1.87. The third kappa shape index (κ3) is 2.21. The van der Waals surface area contributed by atoms with Gasteiger partial charge in [-0.1, -0.05) is 35.3 Å². The second-order valence-corrected chi connectivity index (χ2v) is 4.83. The predicted octanol–water partition coefficient (Wildman–Crippen LogP) is 3.87. The summed E-state index contributed by atoms with van der Waals surface area (Å²) in [5.74, 6) is -0.428. The molecular weight excluding hydrogens is 285 g/mol. The number of fused-ring (bicyclic) bond motifs is 1. The van der Waals surface area contributed by atoms with Crippen LogP contribution in [-0.4, -0.2) is 5.97 Å². The highest BCUT2D eigenvalue weighted by molar-refractivity contribution is 6.35. The molecule has 0 saturated heterocycles. The van der Waals surface area contributed by atoms with Crippen LogP contribution in [-0.2, 0) is 4.74 Å². The lowest BCUT2D eigenvalue weighted by Gasteiger charge is -2.15. The van der Waals surface area contributed by atoms with Crippen LogP contribution >= 0.6 is 23.2 Å². The van der Waals surface area contributed by atoms with Gasteiger partial charge in [0.1, 0.15) is 5.56 Å². The first-order valence-electron chi connectivity index (χ1n) is 5.50. The highest BCUT2D eigenvalue weighted by atomic mass is 35.5. The molecule has 94 valence electrons. The van der Waals surface area contributed by atoms with Gasteiger partial charge in [0.15, 0.2) is 0 Å². The van der Waals surface area contributed by atoms with Gasteiger partial charge in [0.05, 0.1) is 10.7 Å². The largest absolute Gasteiger partial charge is 0.433 e. The van der Waals surface area contributed by atoms with Crippen molar-refractivity contribution in [3.8, 4) is 0 Å². The number of halogens is 2. The Hall–Kier alpha value is -1.89. The molecule has 1 aliphatic heterocycles. The Labute approximate surface area is 120 Å². The zero-order valence-corrected chi connectivity index (χ0v) is 11.0. The van der Waals surface area contributed by atoms with Gasteiger partial charge in [-0.15, -0.1) is 0 Å². The van der Waals surface area contributed by atoms with Crippen LogP contribution in [0.5, 0.6) is 0 Å². The first-order valence-corrected chi connectivity index (χ1v) is 6.25. The van der Waals surface area contributed by atoms with E-state index in [4.69, 9.17) is 27.9 Å². The number of anilines is 1. The number of ether oxygens (including phenoxy) is 1. The summed E-state index contributed by atoms with van der Waals surface area (Å²) >= 11 is 12.0. The summed E-state index contributed by atoms with van der Waals surface area (Å²) in [4.78, 5) is 11.6. The maximum absolute atomic E-state index is 11.6. The topological polar surface area (TPSA) is 38.3 Å². The number of esters is 1. The van der Waals surface area contributed by atoms with Gasteiger partial charge in [0.2, 0.25) is 6.23 Å². The van der Waals surface area contributed by atoms with Crippen LogP contribution in [0.15, 0.2) is 30.3 Å². The van der Waals surface area contributed by atoms with Crippen molar-refractivity contribution in [1.82, 2.24) is 0 Å². The van der Waals surface area contributed by atoms with E-state index in [9.17, 15) is 4.79 Å². The van der Waals surface area contributed by atoms with Crippen LogP contribution in [0.2, 0.25) is 10.0 Å². The third-order valence-corrected chi connectivity index (χ3v) is 3.32. The minimum absolute atomic E-state index is 0.387. The molecule has 0 aliphatic carbocycles. The second-order valence-electron chi connectivity index (χ2n) is 3.99. The molecule has 1 N–H and O–H groups in total. The molecule has 0 saturated carbocycles. The molecule has 5 heteroatoms. The molecule has 1 heterocycles. The van der Waals surface area contributed by atoms with E-state index >= 15 is 0 Å². The quantitative estimate of drug-likeness (QED) is 0.854. The molecule has 1 atom stereocenters. The van der Waals surface area contributed by atoms with E-state index in [-0.39, 0.29) is 0 Å². The van der Waals surface area contributed by atoms with E-state index in [0.717, 1.165) is 0 Å². The van der Waals surface area contributed by atoms with Crippen LogP contribution in [0, 0.1) is 12.1 Å². The Bertz CT molecular complexity index is 658. The van der Waals surface area contributed by atoms with E-state index in [1.54, 1.807) is 30.3 Å². The number of cyclic esters (lactones) is 1. The van der Waals surface area contributed by atoms with Gasteiger partial charge in [-0.3, -0.25) is 0 Å². The summed E-state index contributed by atoms with van der Waals surface area (Å²) in [7, 11) is 0. The lowest BCUT2D eigenvalue weighted by molar-refractivity contribution is 0.0437. The smallest absolute Gasteiger partial charge is 0.349 e. The minimum atomic E-state index is -0.593. The Kier molecular flexibility index (Phi) is 2.98. The van der Waals surface area contributed by atoms with Crippen LogP contribution in [0.4, 0.5) is 5.69 Å². The van der Waals surface area contributed by atoms with E-state index < -0.39 is 12.2 Å². The molecule has 0 unspecified atom stereocenters. The predicted molar refractivity (Wildman–Crippen MR) is 72.4 cm³/mol. The van der Waals surface area contributed by atoms with Gasteiger partial charge in [0, 0.05) is 10.6 Å². The fraction of sp³-hybridized carbons (Fsp3) is 0.0714. The molecule has 1 aliphatic rings. The summed E-state index contributed by atoms with van der Waals surface area (Å²) in [6.07, 6.45) is -0.593. The first kappa shape index (κ1) is 12.2. The Morgan fingerprint density at radius 1 is 1.26 bits per heavy atom. The molecule has 2 aromatic carbocycles. The molecule has 3 rings (SSSR count). The molecule has 0 bridgehead atoms. The van der Waals surface area contributed by atoms with Crippen molar-refractivity contribution in [3.63, 3.8) is 0 Å². The van der Waals surface area contributed by atoms with E-state index in [1.165, 1.54) is 0 Å².